The van der Waals surface area contributed by atoms with Gasteiger partial charge in [0.05, 0.1) is 11.4 Å². The van der Waals surface area contributed by atoms with Crippen molar-refractivity contribution in [1.82, 2.24) is 0 Å². The zero-order valence-corrected chi connectivity index (χ0v) is 12.5. The van der Waals surface area contributed by atoms with Gasteiger partial charge < -0.3 is 11.5 Å². The van der Waals surface area contributed by atoms with Crippen molar-refractivity contribution in [3.8, 4) is 0 Å². The molecule has 21 heavy (non-hydrogen) atoms. The second-order valence-electron chi connectivity index (χ2n) is 4.63. The Balaban J connectivity index is 3.64. The second kappa shape index (κ2) is 6.42. The van der Waals surface area contributed by atoms with E-state index in [1.54, 1.807) is 13.0 Å². The predicted octanol–water partition coefficient (Wildman–Crippen LogP) is 0.637. The van der Waals surface area contributed by atoms with Crippen LogP contribution in [0, 0.1) is 6.92 Å². The highest BCUT2D eigenvalue weighted by molar-refractivity contribution is 5.95. The number of hydrogen-bond acceptors (Lipinski definition) is 4. The molecule has 0 aromatic heterocycles. The summed E-state index contributed by atoms with van der Waals surface area (Å²) < 4.78 is 0. The molecule has 0 radical (unpaired) electrons. The third-order valence-electron chi connectivity index (χ3n) is 3.44. The Morgan fingerprint density at radius 2 is 1.57 bits per heavy atom. The standard InChI is InChI=1S/C13H22N6O2/c1-4-8-6-10(18(16)12(14)20)9(5-2)7(3)11(8)19(17)13(15)21/h6H,4-5,16-17H2,1-3H3,(H2,14,20)(H2,15,21). The predicted molar refractivity (Wildman–Crippen MR) is 82.4 cm³/mol. The molecule has 8 heteroatoms. The molecular formula is C13H22N6O2. The molecule has 0 bridgehead atoms. The highest BCUT2D eigenvalue weighted by atomic mass is 16.2. The Bertz CT molecular complexity index is 572. The summed E-state index contributed by atoms with van der Waals surface area (Å²) >= 11 is 0. The zero-order chi connectivity index (χ0) is 16.3. The molecule has 0 unspecified atom stereocenters. The van der Waals surface area contributed by atoms with Gasteiger partial charge in [-0.25, -0.2) is 31.3 Å². The van der Waals surface area contributed by atoms with Crippen LogP contribution in [0.15, 0.2) is 6.07 Å². The van der Waals surface area contributed by atoms with Gasteiger partial charge in [0.1, 0.15) is 0 Å². The molecule has 116 valence electrons. The summed E-state index contributed by atoms with van der Waals surface area (Å²) in [6.07, 6.45) is 1.17. The van der Waals surface area contributed by atoms with Crippen LogP contribution in [-0.4, -0.2) is 12.1 Å². The van der Waals surface area contributed by atoms with E-state index in [1.165, 1.54) is 0 Å². The molecule has 0 saturated carbocycles. The molecular weight excluding hydrogens is 272 g/mol. The van der Waals surface area contributed by atoms with Crippen LogP contribution in [0.4, 0.5) is 21.0 Å². The SMILES string of the molecule is CCc1cc(N(N)C(N)=O)c(CC)c(C)c1N(N)C(N)=O. The summed E-state index contributed by atoms with van der Waals surface area (Å²) in [7, 11) is 0. The Morgan fingerprint density at radius 3 is 1.95 bits per heavy atom. The van der Waals surface area contributed by atoms with Crippen LogP contribution < -0.4 is 33.2 Å². The van der Waals surface area contributed by atoms with Crippen molar-refractivity contribution in [1.29, 1.82) is 0 Å². The van der Waals surface area contributed by atoms with Crippen molar-refractivity contribution in [2.75, 3.05) is 10.0 Å². The fourth-order valence-corrected chi connectivity index (χ4v) is 2.39. The van der Waals surface area contributed by atoms with Gasteiger partial charge in [-0.1, -0.05) is 13.8 Å². The maximum Gasteiger partial charge on any atom is 0.333 e. The van der Waals surface area contributed by atoms with Crippen molar-refractivity contribution >= 4 is 23.4 Å². The Morgan fingerprint density at radius 1 is 1.05 bits per heavy atom. The highest BCUT2D eigenvalue weighted by Crippen LogP contribution is 2.34. The number of carbonyl (C=O) groups is 2. The van der Waals surface area contributed by atoms with E-state index in [1.807, 2.05) is 13.8 Å². The summed E-state index contributed by atoms with van der Waals surface area (Å²) in [6, 6.07) is 0.176. The molecule has 0 aliphatic carbocycles. The van der Waals surface area contributed by atoms with Gasteiger partial charge in [0, 0.05) is 0 Å². The van der Waals surface area contributed by atoms with Crippen molar-refractivity contribution < 1.29 is 9.59 Å². The molecule has 8 N–H and O–H groups in total. The van der Waals surface area contributed by atoms with Crippen molar-refractivity contribution in [3.63, 3.8) is 0 Å². The second-order valence-corrected chi connectivity index (χ2v) is 4.63. The van der Waals surface area contributed by atoms with Gasteiger partial charge in [-0.2, -0.15) is 0 Å². The maximum atomic E-state index is 11.4. The Kier molecular flexibility index (Phi) is 5.12. The first-order chi connectivity index (χ1) is 9.76. The number of benzene rings is 1. The average Bonchev–Trinajstić information content (AvgIpc) is 2.44. The summed E-state index contributed by atoms with van der Waals surface area (Å²) in [5.74, 6) is 11.5. The van der Waals surface area contributed by atoms with Crippen LogP contribution in [0.3, 0.4) is 0 Å². The van der Waals surface area contributed by atoms with Crippen LogP contribution in [0.25, 0.3) is 0 Å². The minimum Gasteiger partial charge on any atom is -0.350 e. The van der Waals surface area contributed by atoms with Crippen LogP contribution in [0.1, 0.15) is 30.5 Å². The molecule has 4 amide bonds. The normalized spacial score (nSPS) is 10.3. The number of nitrogens with zero attached hydrogens (tertiary/aromatic N) is 2. The number of nitrogens with two attached hydrogens (primary N) is 4. The molecule has 0 spiro atoms. The monoisotopic (exact) mass is 294 g/mol. The van der Waals surface area contributed by atoms with Crippen molar-refractivity contribution in [3.05, 3.63) is 22.8 Å². The molecule has 0 fully saturated rings. The van der Waals surface area contributed by atoms with E-state index in [-0.39, 0.29) is 0 Å². The van der Waals surface area contributed by atoms with E-state index >= 15 is 0 Å². The lowest BCUT2D eigenvalue weighted by molar-refractivity contribution is 0.253. The highest BCUT2D eigenvalue weighted by Gasteiger charge is 2.22. The number of hydrogen-bond donors (Lipinski definition) is 4. The van der Waals surface area contributed by atoms with Crippen LogP contribution >= 0.6 is 0 Å². The minimum atomic E-state index is -0.765. The summed E-state index contributed by atoms with van der Waals surface area (Å²) in [6.45, 7) is 5.60. The van der Waals surface area contributed by atoms with Crippen molar-refractivity contribution in [2.24, 2.45) is 23.2 Å². The first kappa shape index (κ1) is 16.7. The zero-order valence-electron chi connectivity index (χ0n) is 12.5. The molecule has 1 aromatic carbocycles. The van der Waals surface area contributed by atoms with Crippen molar-refractivity contribution in [2.45, 2.75) is 33.6 Å². The molecule has 1 rings (SSSR count). The fourth-order valence-electron chi connectivity index (χ4n) is 2.39. The number of primary amides is 2. The lowest BCUT2D eigenvalue weighted by atomic mass is 9.96. The van der Waals surface area contributed by atoms with Crippen LogP contribution in [0.2, 0.25) is 0 Å². The summed E-state index contributed by atoms with van der Waals surface area (Å²) in [5, 5.41) is 1.79. The van der Waals surface area contributed by atoms with Crippen LogP contribution in [0.5, 0.6) is 0 Å². The van der Waals surface area contributed by atoms with E-state index in [9.17, 15) is 9.59 Å². The Labute approximate surface area is 123 Å². The molecule has 0 saturated heterocycles. The number of rotatable bonds is 4. The lowest BCUT2D eigenvalue weighted by Gasteiger charge is -2.26. The van der Waals surface area contributed by atoms with Gasteiger partial charge >= 0.3 is 12.1 Å². The van der Waals surface area contributed by atoms with E-state index in [2.05, 4.69) is 0 Å². The molecule has 0 aliphatic heterocycles. The quantitative estimate of drug-likeness (QED) is 0.366. The number of amides is 4. The number of carbonyl (C=O) groups excluding carboxylic acids is 2. The first-order valence-corrected chi connectivity index (χ1v) is 6.60. The minimum absolute atomic E-state index is 0.501. The number of aryl methyl sites for hydroxylation is 1. The van der Waals surface area contributed by atoms with Gasteiger partial charge in [-0.05, 0) is 42.5 Å². The summed E-state index contributed by atoms with van der Waals surface area (Å²) in [4.78, 5) is 22.7. The Hall–Kier alpha value is -2.32. The molecule has 1 aromatic rings. The number of anilines is 2. The topological polar surface area (TPSA) is 145 Å². The largest absolute Gasteiger partial charge is 0.350 e. The molecule has 0 aliphatic rings. The first-order valence-electron chi connectivity index (χ1n) is 6.60. The van der Waals surface area contributed by atoms with E-state index in [0.29, 0.717) is 24.2 Å². The van der Waals surface area contributed by atoms with Crippen LogP contribution in [-0.2, 0) is 12.8 Å². The average molecular weight is 294 g/mol. The van der Waals surface area contributed by atoms with Gasteiger partial charge in [-0.15, -0.1) is 0 Å². The number of urea groups is 2. The third-order valence-corrected chi connectivity index (χ3v) is 3.44. The smallest absolute Gasteiger partial charge is 0.333 e. The third kappa shape index (κ3) is 3.06. The van der Waals surface area contributed by atoms with Gasteiger partial charge in [-0.3, -0.25) is 0 Å². The van der Waals surface area contributed by atoms with Gasteiger partial charge in [0.25, 0.3) is 0 Å². The molecule has 8 nitrogen and oxygen atoms in total. The van der Waals surface area contributed by atoms with Gasteiger partial charge in [0.2, 0.25) is 0 Å². The number of hydrazine groups is 2. The maximum absolute atomic E-state index is 11.4. The summed E-state index contributed by atoms with van der Waals surface area (Å²) in [5.41, 5.74) is 13.8. The molecule has 0 heterocycles. The fraction of sp³-hybridized carbons (Fsp3) is 0.385. The van der Waals surface area contributed by atoms with Gasteiger partial charge in [0.15, 0.2) is 0 Å². The van der Waals surface area contributed by atoms with E-state index in [4.69, 9.17) is 23.2 Å². The van der Waals surface area contributed by atoms with E-state index < -0.39 is 12.1 Å². The van der Waals surface area contributed by atoms with E-state index in [0.717, 1.165) is 26.7 Å². The lowest BCUT2D eigenvalue weighted by Crippen LogP contribution is -2.44. The molecule has 0 atom stereocenters.